The number of thiazole rings is 1. The molecule has 0 bridgehead atoms. The number of benzene rings is 1. The third-order valence-electron chi connectivity index (χ3n) is 3.63. The lowest BCUT2D eigenvalue weighted by Gasteiger charge is -2.32. The highest BCUT2D eigenvalue weighted by Gasteiger charge is 2.28. The summed E-state index contributed by atoms with van der Waals surface area (Å²) in [5.74, 6) is -0.150. The second-order valence-electron chi connectivity index (χ2n) is 5.11. The van der Waals surface area contributed by atoms with Gasteiger partial charge in [-0.15, -0.1) is 11.3 Å². The fourth-order valence-corrected chi connectivity index (χ4v) is 3.22. The van der Waals surface area contributed by atoms with Crippen LogP contribution in [0.5, 0.6) is 0 Å². The van der Waals surface area contributed by atoms with Gasteiger partial charge in [-0.2, -0.15) is 0 Å². The van der Waals surface area contributed by atoms with Gasteiger partial charge < -0.3 is 19.9 Å². The minimum absolute atomic E-state index is 0.0277. The van der Waals surface area contributed by atoms with Crippen molar-refractivity contribution >= 4 is 27.5 Å². The van der Waals surface area contributed by atoms with Crippen molar-refractivity contribution in [2.45, 2.75) is 18.6 Å². The molecule has 7 heteroatoms. The molecule has 22 heavy (non-hydrogen) atoms. The number of amides is 1. The predicted octanol–water partition coefficient (Wildman–Crippen LogP) is 1.19. The van der Waals surface area contributed by atoms with Gasteiger partial charge >= 0.3 is 0 Å². The maximum absolute atomic E-state index is 12.4. The lowest BCUT2D eigenvalue weighted by molar-refractivity contribution is -0.0612. The average molecular weight is 322 g/mol. The smallest absolute Gasteiger partial charge is 0.251 e. The number of carbonyl (C=O) groups is 1. The van der Waals surface area contributed by atoms with Crippen molar-refractivity contribution < 1.29 is 19.4 Å². The van der Waals surface area contributed by atoms with Crippen LogP contribution in [0.3, 0.4) is 0 Å². The van der Waals surface area contributed by atoms with E-state index in [1.54, 1.807) is 11.6 Å². The van der Waals surface area contributed by atoms with Gasteiger partial charge in [0, 0.05) is 12.2 Å². The summed E-state index contributed by atoms with van der Waals surface area (Å²) in [4.78, 5) is 16.6. The Hall–Kier alpha value is -1.54. The van der Waals surface area contributed by atoms with Gasteiger partial charge in [-0.05, 0) is 24.6 Å². The number of hydrogen-bond acceptors (Lipinski definition) is 6. The van der Waals surface area contributed by atoms with E-state index in [0.29, 0.717) is 25.2 Å². The molecule has 6 nitrogen and oxygen atoms in total. The van der Waals surface area contributed by atoms with Crippen LogP contribution in [0, 0.1) is 0 Å². The second-order valence-corrected chi connectivity index (χ2v) is 6.00. The Labute approximate surface area is 132 Å². The Bertz CT molecular complexity index is 645. The van der Waals surface area contributed by atoms with E-state index in [0.717, 1.165) is 10.2 Å². The summed E-state index contributed by atoms with van der Waals surface area (Å²) < 4.78 is 12.0. The zero-order valence-electron chi connectivity index (χ0n) is 12.0. The third-order valence-corrected chi connectivity index (χ3v) is 4.42. The lowest BCUT2D eigenvalue weighted by Crippen LogP contribution is -2.50. The van der Waals surface area contributed by atoms with E-state index >= 15 is 0 Å². The van der Waals surface area contributed by atoms with Crippen molar-refractivity contribution in [3.8, 4) is 0 Å². The van der Waals surface area contributed by atoms with Crippen LogP contribution in [0.25, 0.3) is 10.2 Å². The van der Waals surface area contributed by atoms with Crippen molar-refractivity contribution in [1.29, 1.82) is 0 Å². The predicted molar refractivity (Wildman–Crippen MR) is 83.1 cm³/mol. The summed E-state index contributed by atoms with van der Waals surface area (Å²) >= 11 is 1.51. The van der Waals surface area contributed by atoms with Crippen molar-refractivity contribution in [2.75, 3.05) is 26.4 Å². The molecule has 1 aromatic carbocycles. The zero-order valence-corrected chi connectivity index (χ0v) is 12.8. The first-order valence-corrected chi connectivity index (χ1v) is 8.10. The lowest BCUT2D eigenvalue weighted by atomic mass is 10.1. The van der Waals surface area contributed by atoms with E-state index in [4.69, 9.17) is 14.6 Å². The number of hydrogen-bond donors (Lipinski definition) is 2. The van der Waals surface area contributed by atoms with Gasteiger partial charge in [-0.25, -0.2) is 4.98 Å². The topological polar surface area (TPSA) is 80.7 Å². The number of nitrogens with one attached hydrogen (secondary N) is 1. The molecule has 1 saturated heterocycles. The van der Waals surface area contributed by atoms with E-state index in [2.05, 4.69) is 10.3 Å². The highest BCUT2D eigenvalue weighted by atomic mass is 32.1. The Morgan fingerprint density at radius 2 is 2.45 bits per heavy atom. The van der Waals surface area contributed by atoms with Crippen molar-refractivity contribution in [3.05, 3.63) is 29.3 Å². The molecule has 1 fully saturated rings. The van der Waals surface area contributed by atoms with Crippen LogP contribution >= 0.6 is 11.3 Å². The maximum atomic E-state index is 12.4. The molecule has 0 aliphatic carbocycles. The highest BCUT2D eigenvalue weighted by Crippen LogP contribution is 2.19. The van der Waals surface area contributed by atoms with E-state index in [1.165, 1.54) is 11.3 Å². The first kappa shape index (κ1) is 15.4. The number of nitrogens with zero attached hydrogens (tertiary/aromatic N) is 1. The van der Waals surface area contributed by atoms with Gasteiger partial charge in [-0.3, -0.25) is 4.79 Å². The Morgan fingerprint density at radius 1 is 1.55 bits per heavy atom. The fourth-order valence-electron chi connectivity index (χ4n) is 2.50. The number of aliphatic hydroxyl groups is 1. The van der Waals surface area contributed by atoms with Gasteiger partial charge in [0.15, 0.2) is 0 Å². The molecule has 0 saturated carbocycles. The number of ether oxygens (including phenoxy) is 2. The van der Waals surface area contributed by atoms with Crippen LogP contribution in [0.4, 0.5) is 0 Å². The average Bonchev–Trinajstić information content (AvgIpc) is 3.01. The number of carbonyl (C=O) groups excluding carboxylic acids is 1. The summed E-state index contributed by atoms with van der Waals surface area (Å²) in [5, 5.41) is 11.8. The van der Waals surface area contributed by atoms with Gasteiger partial charge in [0.2, 0.25) is 0 Å². The molecule has 2 heterocycles. The van der Waals surface area contributed by atoms with Crippen LogP contribution in [0.15, 0.2) is 23.7 Å². The van der Waals surface area contributed by atoms with Crippen LogP contribution in [-0.4, -0.2) is 54.6 Å². The van der Waals surface area contributed by atoms with Crippen molar-refractivity contribution in [3.63, 3.8) is 0 Å². The maximum Gasteiger partial charge on any atom is 0.251 e. The quantitative estimate of drug-likeness (QED) is 0.864. The zero-order chi connectivity index (χ0) is 15.4. The summed E-state index contributed by atoms with van der Waals surface area (Å²) in [6.45, 7) is 1.27. The molecule has 2 atom stereocenters. The minimum atomic E-state index is -0.204. The molecule has 1 aromatic heterocycles. The van der Waals surface area contributed by atoms with E-state index in [-0.39, 0.29) is 31.3 Å². The molecule has 1 aliphatic rings. The molecule has 0 radical (unpaired) electrons. The van der Waals surface area contributed by atoms with E-state index in [9.17, 15) is 4.79 Å². The molecule has 2 aromatic rings. The van der Waals surface area contributed by atoms with Crippen molar-refractivity contribution in [1.82, 2.24) is 10.3 Å². The number of rotatable bonds is 5. The molecule has 0 unspecified atom stereocenters. The molecule has 1 aliphatic heterocycles. The van der Waals surface area contributed by atoms with Gasteiger partial charge in [0.05, 0.1) is 47.7 Å². The summed E-state index contributed by atoms with van der Waals surface area (Å²) in [5.41, 5.74) is 3.26. The summed E-state index contributed by atoms with van der Waals surface area (Å²) in [6, 6.07) is 5.25. The standard InChI is InChI=1S/C15H18N2O4S/c18-4-6-21-13-3-5-20-8-12(13)17-15(19)10-1-2-11-14(7-10)22-9-16-11/h1-2,7,9,12-13,18H,3-6,8H2,(H,17,19)/t12-,13+/m0/s1. The fraction of sp³-hybridized carbons (Fsp3) is 0.467. The van der Waals surface area contributed by atoms with Crippen molar-refractivity contribution in [2.24, 2.45) is 0 Å². The Kier molecular flexibility index (Phi) is 4.99. The first-order valence-electron chi connectivity index (χ1n) is 7.22. The molecule has 1 amide bonds. The van der Waals surface area contributed by atoms with Crippen LogP contribution < -0.4 is 5.32 Å². The molecular formula is C15H18N2O4S. The summed E-state index contributed by atoms with van der Waals surface area (Å²) in [7, 11) is 0. The summed E-state index contributed by atoms with van der Waals surface area (Å²) in [6.07, 6.45) is 0.579. The Balaban J connectivity index is 1.68. The van der Waals surface area contributed by atoms with Crippen LogP contribution in [0.2, 0.25) is 0 Å². The normalized spacial score (nSPS) is 21.9. The molecule has 0 spiro atoms. The third kappa shape index (κ3) is 3.44. The SMILES string of the molecule is O=C(N[C@H]1COCC[C@H]1OCCO)c1ccc2ncsc2c1. The number of fused-ring (bicyclic) bond motifs is 1. The molecule has 3 rings (SSSR count). The Morgan fingerprint density at radius 3 is 3.32 bits per heavy atom. The number of aromatic nitrogens is 1. The monoisotopic (exact) mass is 322 g/mol. The molecule has 2 N–H and O–H groups in total. The molecular weight excluding hydrogens is 304 g/mol. The van der Waals surface area contributed by atoms with Crippen LogP contribution in [0.1, 0.15) is 16.8 Å². The van der Waals surface area contributed by atoms with Gasteiger partial charge in [0.25, 0.3) is 5.91 Å². The van der Waals surface area contributed by atoms with Gasteiger partial charge in [-0.1, -0.05) is 0 Å². The van der Waals surface area contributed by atoms with E-state index < -0.39 is 0 Å². The van der Waals surface area contributed by atoms with Gasteiger partial charge in [0.1, 0.15) is 0 Å². The highest BCUT2D eigenvalue weighted by molar-refractivity contribution is 7.16. The second kappa shape index (κ2) is 7.15. The molecule has 118 valence electrons. The number of aliphatic hydroxyl groups excluding tert-OH is 1. The minimum Gasteiger partial charge on any atom is -0.394 e. The largest absolute Gasteiger partial charge is 0.394 e. The van der Waals surface area contributed by atoms with E-state index in [1.807, 2.05) is 12.1 Å². The van der Waals surface area contributed by atoms with Crippen LogP contribution in [-0.2, 0) is 9.47 Å². The first-order chi connectivity index (χ1) is 10.8.